The molecular weight excluding hydrogens is 731 g/mol. The Bertz CT molecular complexity index is 2090. The number of piperidine rings is 3. The average Bonchev–Trinajstić information content (AvgIpc) is 3.92. The van der Waals surface area contributed by atoms with Crippen molar-refractivity contribution in [2.24, 2.45) is 0 Å². The van der Waals surface area contributed by atoms with Crippen LogP contribution >= 0.6 is 0 Å². The summed E-state index contributed by atoms with van der Waals surface area (Å²) in [7, 11) is 3.59. The number of likely N-dealkylation sites (tertiary alicyclic amines) is 1. The van der Waals surface area contributed by atoms with Crippen molar-refractivity contribution >= 4 is 51.9 Å². The lowest BCUT2D eigenvalue weighted by atomic mass is 9.90. The van der Waals surface area contributed by atoms with Crippen LogP contribution in [0.2, 0.25) is 0 Å². The summed E-state index contributed by atoms with van der Waals surface area (Å²) in [6, 6.07) is 16.1. The maximum atomic E-state index is 13.1. The van der Waals surface area contributed by atoms with Gasteiger partial charge >= 0.3 is 0 Å². The van der Waals surface area contributed by atoms with Crippen molar-refractivity contribution < 1.29 is 14.4 Å². The number of aromatic nitrogens is 4. The van der Waals surface area contributed by atoms with E-state index >= 15 is 0 Å². The molecular formula is C44H57N11O3. The topological polar surface area (TPSA) is 135 Å². The molecule has 306 valence electrons. The van der Waals surface area contributed by atoms with Gasteiger partial charge in [0.25, 0.3) is 5.91 Å². The number of nitrogens with zero attached hydrogens (tertiary/aromatic N) is 9. The highest BCUT2D eigenvalue weighted by Crippen LogP contribution is 2.35. The monoisotopic (exact) mass is 787 g/mol. The summed E-state index contributed by atoms with van der Waals surface area (Å²) < 4.78 is 2.14. The van der Waals surface area contributed by atoms with Crippen molar-refractivity contribution in [3.05, 3.63) is 66.1 Å². The van der Waals surface area contributed by atoms with E-state index in [0.717, 1.165) is 74.4 Å². The molecule has 0 spiro atoms. The molecule has 14 heteroatoms. The molecule has 5 fully saturated rings. The van der Waals surface area contributed by atoms with Crippen LogP contribution < -0.4 is 20.4 Å². The molecule has 0 bridgehead atoms. The molecule has 5 aliphatic rings. The lowest BCUT2D eigenvalue weighted by Crippen LogP contribution is -2.55. The molecule has 14 nitrogen and oxygen atoms in total. The number of imide groups is 1. The minimum atomic E-state index is -0.231. The first kappa shape index (κ1) is 38.4. The van der Waals surface area contributed by atoms with E-state index in [1.807, 2.05) is 18.3 Å². The van der Waals surface area contributed by atoms with Crippen molar-refractivity contribution in [3.63, 3.8) is 0 Å². The molecule has 9 rings (SSSR count). The van der Waals surface area contributed by atoms with E-state index in [-0.39, 0.29) is 29.7 Å². The number of anilines is 4. The Morgan fingerprint density at radius 3 is 2.03 bits per heavy atom. The number of amides is 3. The molecule has 3 aromatic heterocycles. The van der Waals surface area contributed by atoms with Crippen LogP contribution in [0.1, 0.15) is 92.2 Å². The number of carbonyl (C=O) groups is 3. The number of benzene rings is 1. The number of piperazine rings is 1. The summed E-state index contributed by atoms with van der Waals surface area (Å²) in [5.41, 5.74) is 4.82. The van der Waals surface area contributed by atoms with E-state index in [4.69, 9.17) is 9.97 Å². The number of fused-ring (bicyclic) bond motifs is 1. The van der Waals surface area contributed by atoms with E-state index in [2.05, 4.69) is 70.1 Å². The number of hydrogen-bond acceptors (Lipinski definition) is 11. The summed E-state index contributed by atoms with van der Waals surface area (Å²) in [6.45, 7) is 8.57. The van der Waals surface area contributed by atoms with Crippen LogP contribution in [0.3, 0.4) is 0 Å². The first-order valence-corrected chi connectivity index (χ1v) is 21.5. The minimum absolute atomic E-state index is 0.0119. The first-order chi connectivity index (χ1) is 28.3. The Labute approximate surface area is 341 Å². The Kier molecular flexibility index (Phi) is 11.0. The third kappa shape index (κ3) is 8.00. The number of nitrogens with one attached hydrogen (secondary N) is 2. The van der Waals surface area contributed by atoms with Crippen LogP contribution in [-0.4, -0.2) is 130 Å². The SMILES string of the molecule is CN(C)C(=O)c1cc2cnc(Nc3ccc(N4CCN(C5CCN(C6CCN(c7ccc(C8CCC(=O)NC8=O)cc7)CC6)CC5)CC4)cn3)nc2n1C1CCCC1. The predicted molar refractivity (Wildman–Crippen MR) is 226 cm³/mol. The molecule has 1 saturated carbocycles. The average molecular weight is 788 g/mol. The zero-order chi connectivity index (χ0) is 39.8. The lowest BCUT2D eigenvalue weighted by Gasteiger charge is -2.46. The van der Waals surface area contributed by atoms with Gasteiger partial charge in [0.2, 0.25) is 17.8 Å². The second kappa shape index (κ2) is 16.6. The Morgan fingerprint density at radius 1 is 0.724 bits per heavy atom. The summed E-state index contributed by atoms with van der Waals surface area (Å²) in [6.07, 6.45) is 14.0. The van der Waals surface area contributed by atoms with Crippen molar-refractivity contribution in [1.29, 1.82) is 0 Å². The third-order valence-electron chi connectivity index (χ3n) is 13.5. The van der Waals surface area contributed by atoms with E-state index in [0.29, 0.717) is 42.4 Å². The Morgan fingerprint density at radius 2 is 1.38 bits per heavy atom. The van der Waals surface area contributed by atoms with Crippen LogP contribution in [0.15, 0.2) is 54.9 Å². The summed E-state index contributed by atoms with van der Waals surface area (Å²) in [4.78, 5) is 63.2. The molecule has 4 aromatic rings. The van der Waals surface area contributed by atoms with Gasteiger partial charge in [-0.05, 0) is 93.9 Å². The summed E-state index contributed by atoms with van der Waals surface area (Å²) in [5.74, 6) is 0.594. The van der Waals surface area contributed by atoms with Gasteiger partial charge in [0.1, 0.15) is 17.2 Å². The lowest BCUT2D eigenvalue weighted by molar-refractivity contribution is -0.134. The van der Waals surface area contributed by atoms with Crippen molar-refractivity contribution in [1.82, 2.24) is 39.5 Å². The van der Waals surface area contributed by atoms with Crippen molar-refractivity contribution in [2.45, 2.75) is 88.3 Å². The van der Waals surface area contributed by atoms with Gasteiger partial charge in [-0.25, -0.2) is 9.97 Å². The highest BCUT2D eigenvalue weighted by atomic mass is 16.2. The van der Waals surface area contributed by atoms with Gasteiger partial charge in [0.15, 0.2) is 0 Å². The number of rotatable bonds is 9. The molecule has 0 radical (unpaired) electrons. The molecule has 58 heavy (non-hydrogen) atoms. The summed E-state index contributed by atoms with van der Waals surface area (Å²) >= 11 is 0. The van der Waals surface area contributed by atoms with E-state index in [1.165, 1.54) is 57.3 Å². The van der Waals surface area contributed by atoms with Crippen LogP contribution in [0.4, 0.5) is 23.1 Å². The fourth-order valence-corrected chi connectivity index (χ4v) is 10.1. The quantitative estimate of drug-likeness (QED) is 0.218. The molecule has 1 unspecified atom stereocenters. The van der Waals surface area contributed by atoms with Crippen molar-refractivity contribution in [3.8, 4) is 0 Å². The van der Waals surface area contributed by atoms with Crippen molar-refractivity contribution in [2.75, 3.05) is 81.6 Å². The molecule has 7 heterocycles. The third-order valence-corrected chi connectivity index (χ3v) is 13.5. The second-order valence-corrected chi connectivity index (χ2v) is 17.1. The maximum absolute atomic E-state index is 13.1. The van der Waals surface area contributed by atoms with Gasteiger partial charge in [0, 0.05) is 95.2 Å². The largest absolute Gasteiger partial charge is 0.371 e. The van der Waals surface area contributed by atoms with Gasteiger partial charge in [-0.2, -0.15) is 4.98 Å². The first-order valence-electron chi connectivity index (χ1n) is 21.5. The molecule has 1 aliphatic carbocycles. The number of pyridine rings is 1. The van der Waals surface area contributed by atoms with Crippen LogP contribution in [0.25, 0.3) is 11.0 Å². The zero-order valence-electron chi connectivity index (χ0n) is 34.0. The Balaban J connectivity index is 0.729. The fraction of sp³-hybridized carbons (Fsp3) is 0.545. The summed E-state index contributed by atoms with van der Waals surface area (Å²) in [5, 5.41) is 6.67. The van der Waals surface area contributed by atoms with E-state index < -0.39 is 0 Å². The molecule has 4 saturated heterocycles. The van der Waals surface area contributed by atoms with Gasteiger partial charge in [-0.3, -0.25) is 24.6 Å². The highest BCUT2D eigenvalue weighted by molar-refractivity contribution is 6.01. The van der Waals surface area contributed by atoms with Gasteiger partial charge in [0.05, 0.1) is 17.8 Å². The number of hydrogen-bond donors (Lipinski definition) is 2. The molecule has 2 N–H and O–H groups in total. The molecule has 1 aromatic carbocycles. The van der Waals surface area contributed by atoms with Gasteiger partial charge in [-0.15, -0.1) is 0 Å². The second-order valence-electron chi connectivity index (χ2n) is 17.1. The normalized spacial score (nSPS) is 22.1. The molecule has 3 amide bonds. The maximum Gasteiger partial charge on any atom is 0.270 e. The smallest absolute Gasteiger partial charge is 0.270 e. The highest BCUT2D eigenvalue weighted by Gasteiger charge is 2.33. The number of carbonyl (C=O) groups excluding carboxylic acids is 3. The van der Waals surface area contributed by atoms with E-state index in [1.54, 1.807) is 25.2 Å². The van der Waals surface area contributed by atoms with Crippen LogP contribution in [0, 0.1) is 0 Å². The Hall–Kier alpha value is -5.08. The zero-order valence-corrected chi connectivity index (χ0v) is 34.0. The standard InChI is InChI=1S/C44H57N11O3/c1-50(2)43(58)38-27-31-28-46-44(49-41(31)55(38)35-5-3-4-6-35)47-39-13-11-36(29-45-39)54-25-23-53(24-26-54)34-17-21-52(22-18-34)33-15-19-51(20-16-33)32-9-7-30(8-10-32)37-12-14-40(56)48-42(37)57/h7-11,13,27-29,33-35,37H,3-6,12,14-26H2,1-2H3,(H,48,56,57)(H,45,46,47,49). The van der Waals surface area contributed by atoms with Crippen LogP contribution in [-0.2, 0) is 9.59 Å². The molecule has 1 atom stereocenters. The fourth-order valence-electron chi connectivity index (χ4n) is 10.1. The van der Waals surface area contributed by atoms with Gasteiger partial charge in [-0.1, -0.05) is 25.0 Å². The minimum Gasteiger partial charge on any atom is -0.371 e. The predicted octanol–water partition coefficient (Wildman–Crippen LogP) is 5.16. The molecule has 4 aliphatic heterocycles. The van der Waals surface area contributed by atoms with Gasteiger partial charge < -0.3 is 29.5 Å². The van der Waals surface area contributed by atoms with E-state index in [9.17, 15) is 14.4 Å². The van der Waals surface area contributed by atoms with Crippen LogP contribution in [0.5, 0.6) is 0 Å².